The number of aromatic nitrogens is 3. The van der Waals surface area contributed by atoms with Crippen LogP contribution in [0.1, 0.15) is 5.56 Å². The number of nitrogens with one attached hydrogen (secondary N) is 1. The maximum absolute atomic E-state index is 8.97. The van der Waals surface area contributed by atoms with Gasteiger partial charge in [-0.05, 0) is 24.3 Å². The summed E-state index contributed by atoms with van der Waals surface area (Å²) >= 11 is 0. The highest BCUT2D eigenvalue weighted by Crippen LogP contribution is 2.24. The number of hydrogen-bond donors (Lipinski definition) is 1. The van der Waals surface area contributed by atoms with Gasteiger partial charge in [0.2, 0.25) is 0 Å². The van der Waals surface area contributed by atoms with Crippen molar-refractivity contribution >= 4 is 5.69 Å². The third kappa shape index (κ3) is 4.57. The second-order valence-electron chi connectivity index (χ2n) is 6.81. The van der Waals surface area contributed by atoms with Gasteiger partial charge < -0.3 is 10.1 Å². The van der Waals surface area contributed by atoms with E-state index in [1.165, 1.54) is 0 Å². The van der Waals surface area contributed by atoms with Crippen molar-refractivity contribution in [2.45, 2.75) is 6.04 Å². The van der Waals surface area contributed by atoms with Crippen molar-refractivity contribution in [1.29, 1.82) is 5.26 Å². The van der Waals surface area contributed by atoms with E-state index in [9.17, 15) is 0 Å². The summed E-state index contributed by atoms with van der Waals surface area (Å²) in [5.74, 6) is 0.524. The molecule has 0 atom stereocenters. The average Bonchev–Trinajstić information content (AvgIpc) is 2.73. The Kier molecular flexibility index (Phi) is 5.45. The Bertz CT molecular complexity index is 1040. The van der Waals surface area contributed by atoms with E-state index in [1.807, 2.05) is 18.3 Å². The molecule has 0 spiro atoms. The van der Waals surface area contributed by atoms with E-state index >= 15 is 0 Å². The minimum Gasteiger partial charge on any atom is -0.424 e. The molecule has 7 nitrogen and oxygen atoms in total. The molecule has 144 valence electrons. The second kappa shape index (κ2) is 8.50. The van der Waals surface area contributed by atoms with Crippen LogP contribution >= 0.6 is 0 Å². The Balaban J connectivity index is 1.41. The number of nitrogens with zero attached hydrogens (tertiary/aromatic N) is 5. The van der Waals surface area contributed by atoms with E-state index in [-0.39, 0.29) is 6.01 Å². The number of pyridine rings is 1. The predicted octanol–water partition coefficient (Wildman–Crippen LogP) is 3.48. The topological polar surface area (TPSA) is 87.0 Å². The summed E-state index contributed by atoms with van der Waals surface area (Å²) in [6, 6.07) is 11.6. The largest absolute Gasteiger partial charge is 0.424 e. The number of nitriles is 1. The third-order valence-corrected chi connectivity index (χ3v) is 4.59. The van der Waals surface area contributed by atoms with Gasteiger partial charge in [-0.1, -0.05) is 12.1 Å². The fraction of sp³-hybridized carbons (Fsp3) is 0.182. The molecule has 4 rings (SSSR count). The van der Waals surface area contributed by atoms with E-state index in [2.05, 4.69) is 37.8 Å². The van der Waals surface area contributed by atoms with Gasteiger partial charge in [-0.3, -0.25) is 9.88 Å². The van der Waals surface area contributed by atoms with E-state index in [0.717, 1.165) is 36.4 Å². The van der Waals surface area contributed by atoms with Gasteiger partial charge in [0, 0.05) is 55.5 Å². The Labute approximate surface area is 169 Å². The molecule has 1 fully saturated rings. The van der Waals surface area contributed by atoms with Crippen molar-refractivity contribution in [1.82, 2.24) is 19.9 Å². The highest BCUT2D eigenvalue weighted by molar-refractivity contribution is 5.65. The summed E-state index contributed by atoms with van der Waals surface area (Å²) in [6.45, 7) is 6.68. The summed E-state index contributed by atoms with van der Waals surface area (Å²) in [5, 5.41) is 12.5. The van der Waals surface area contributed by atoms with Gasteiger partial charge in [0.1, 0.15) is 5.75 Å². The van der Waals surface area contributed by atoms with Crippen molar-refractivity contribution in [3.05, 3.63) is 73.3 Å². The van der Waals surface area contributed by atoms with E-state index in [4.69, 9.17) is 10.00 Å². The summed E-state index contributed by atoms with van der Waals surface area (Å²) in [4.78, 5) is 15.2. The molecule has 1 aromatic carbocycles. The molecule has 0 aliphatic carbocycles. The molecule has 29 heavy (non-hydrogen) atoms. The Hall–Kier alpha value is -3.76. The first-order valence-electron chi connectivity index (χ1n) is 9.29. The van der Waals surface area contributed by atoms with Crippen LogP contribution in [0.4, 0.5) is 5.69 Å². The summed E-state index contributed by atoms with van der Waals surface area (Å²) in [5.41, 5.74) is 3.27. The Morgan fingerprint density at radius 3 is 2.76 bits per heavy atom. The quantitative estimate of drug-likeness (QED) is 0.624. The van der Waals surface area contributed by atoms with Gasteiger partial charge in [-0.15, -0.1) is 6.58 Å². The molecule has 7 heteroatoms. The van der Waals surface area contributed by atoms with Crippen LogP contribution in [0.3, 0.4) is 0 Å². The van der Waals surface area contributed by atoms with Crippen LogP contribution in [0, 0.1) is 11.3 Å². The van der Waals surface area contributed by atoms with Crippen LogP contribution < -0.4 is 10.1 Å². The van der Waals surface area contributed by atoms with Crippen molar-refractivity contribution in [3.8, 4) is 29.0 Å². The highest BCUT2D eigenvalue weighted by Gasteiger charge is 2.25. The molecule has 1 N–H and O–H groups in total. The first-order valence-corrected chi connectivity index (χ1v) is 9.29. The van der Waals surface area contributed by atoms with Crippen LogP contribution in [0.2, 0.25) is 0 Å². The zero-order chi connectivity index (χ0) is 20.1. The van der Waals surface area contributed by atoms with Crippen molar-refractivity contribution in [3.63, 3.8) is 0 Å². The van der Waals surface area contributed by atoms with Gasteiger partial charge in [-0.2, -0.15) is 5.26 Å². The van der Waals surface area contributed by atoms with Gasteiger partial charge in [0.25, 0.3) is 0 Å². The van der Waals surface area contributed by atoms with E-state index < -0.39 is 0 Å². The fourth-order valence-corrected chi connectivity index (χ4v) is 3.16. The van der Waals surface area contributed by atoms with E-state index in [0.29, 0.717) is 17.4 Å². The smallest absolute Gasteiger partial charge is 0.321 e. The van der Waals surface area contributed by atoms with Crippen LogP contribution in [-0.4, -0.2) is 45.5 Å². The molecule has 1 aliphatic rings. The van der Waals surface area contributed by atoms with Gasteiger partial charge >= 0.3 is 6.01 Å². The number of anilines is 1. The maximum atomic E-state index is 8.97. The number of rotatable bonds is 7. The molecule has 0 radical (unpaired) electrons. The lowest BCUT2D eigenvalue weighted by Gasteiger charge is -2.39. The lowest BCUT2D eigenvalue weighted by atomic mass is 10.1. The molecular weight excluding hydrogens is 364 g/mol. The number of hydrogen-bond acceptors (Lipinski definition) is 7. The van der Waals surface area contributed by atoms with Gasteiger partial charge in [0.05, 0.1) is 23.4 Å². The first kappa shape index (κ1) is 18.6. The van der Waals surface area contributed by atoms with Crippen molar-refractivity contribution < 1.29 is 4.74 Å². The van der Waals surface area contributed by atoms with Crippen molar-refractivity contribution in [2.24, 2.45) is 0 Å². The predicted molar refractivity (Wildman–Crippen MR) is 111 cm³/mol. The van der Waals surface area contributed by atoms with Crippen LogP contribution in [-0.2, 0) is 0 Å². The maximum Gasteiger partial charge on any atom is 0.321 e. The average molecular weight is 384 g/mol. The molecule has 2 aromatic heterocycles. The molecule has 1 saturated heterocycles. The SMILES string of the molecule is C=CCN1CC(Nc2cncc(-c3cnc(Oc4cccc(C#N)c4)nc3)c2)C1. The molecule has 0 unspecified atom stereocenters. The highest BCUT2D eigenvalue weighted by atomic mass is 16.5. The zero-order valence-electron chi connectivity index (χ0n) is 15.8. The molecule has 1 aliphatic heterocycles. The number of likely N-dealkylation sites (tertiary alicyclic amines) is 1. The minimum atomic E-state index is 0.225. The standard InChI is InChI=1S/C22H20N6O/c1-2-6-28-14-20(15-28)27-19-8-17(10-24-13-19)18-11-25-22(26-12-18)29-21-5-3-4-16(7-21)9-23/h2-5,7-8,10-13,20,27H,1,6,14-15H2. The molecule has 0 amide bonds. The van der Waals surface area contributed by atoms with Gasteiger partial charge in [-0.25, -0.2) is 9.97 Å². The normalized spacial score (nSPS) is 13.9. The Morgan fingerprint density at radius 1 is 1.17 bits per heavy atom. The zero-order valence-corrected chi connectivity index (χ0v) is 15.8. The molecule has 0 saturated carbocycles. The van der Waals surface area contributed by atoms with Crippen molar-refractivity contribution in [2.75, 3.05) is 25.0 Å². The Morgan fingerprint density at radius 2 is 2.00 bits per heavy atom. The van der Waals surface area contributed by atoms with Gasteiger partial charge in [0.15, 0.2) is 0 Å². The number of ether oxygens (including phenoxy) is 1. The lowest BCUT2D eigenvalue weighted by Crippen LogP contribution is -2.54. The first-order chi connectivity index (χ1) is 14.2. The second-order valence-corrected chi connectivity index (χ2v) is 6.81. The monoisotopic (exact) mass is 384 g/mol. The summed E-state index contributed by atoms with van der Waals surface area (Å²) in [6.07, 6.45) is 8.93. The number of benzene rings is 1. The molecule has 0 bridgehead atoms. The molecule has 3 heterocycles. The third-order valence-electron chi connectivity index (χ3n) is 4.59. The molecule has 3 aromatic rings. The molecular formula is C22H20N6O. The summed E-state index contributed by atoms with van der Waals surface area (Å²) in [7, 11) is 0. The van der Waals surface area contributed by atoms with Crippen LogP contribution in [0.25, 0.3) is 11.1 Å². The lowest BCUT2D eigenvalue weighted by molar-refractivity contribution is 0.181. The minimum absolute atomic E-state index is 0.225. The van der Waals surface area contributed by atoms with E-state index in [1.54, 1.807) is 42.9 Å². The fourth-order valence-electron chi connectivity index (χ4n) is 3.16. The summed E-state index contributed by atoms with van der Waals surface area (Å²) < 4.78 is 5.63. The van der Waals surface area contributed by atoms with Crippen LogP contribution in [0.15, 0.2) is 67.8 Å². The van der Waals surface area contributed by atoms with Crippen LogP contribution in [0.5, 0.6) is 11.8 Å².